The van der Waals surface area contributed by atoms with Gasteiger partial charge in [0.05, 0.1) is 17.1 Å². The monoisotopic (exact) mass is 340 g/mol. The molecule has 6 nitrogen and oxygen atoms in total. The Kier molecular flexibility index (Phi) is 4.29. The van der Waals surface area contributed by atoms with Gasteiger partial charge in [0.2, 0.25) is 0 Å². The fourth-order valence-electron chi connectivity index (χ4n) is 1.66. The highest BCUT2D eigenvalue weighted by Gasteiger charge is 2.15. The van der Waals surface area contributed by atoms with Crippen LogP contribution in [0.15, 0.2) is 29.0 Å². The summed E-state index contributed by atoms with van der Waals surface area (Å²) in [6.07, 6.45) is 3.50. The highest BCUT2D eigenvalue weighted by molar-refractivity contribution is 9.10. The molecule has 1 aromatic carbocycles. The van der Waals surface area contributed by atoms with Crippen LogP contribution in [-0.2, 0) is 13.7 Å². The van der Waals surface area contributed by atoms with E-state index in [-0.39, 0.29) is 12.2 Å². The van der Waals surface area contributed by atoms with E-state index in [4.69, 9.17) is 14.6 Å². The first-order chi connectivity index (χ1) is 9.52. The van der Waals surface area contributed by atoms with Crippen molar-refractivity contribution in [1.29, 1.82) is 0 Å². The number of aromatic nitrogens is 2. The standard InChI is InChI=1S/C13H13BrN2O4/c1-16-4-3-15-11(16)7-20-12-9(14)5-8(13(17)18)6-10(12)19-2/h3-6H,7H2,1-2H3,(H,17,18). The number of carboxylic acid groups (broad SMARTS) is 1. The summed E-state index contributed by atoms with van der Waals surface area (Å²) < 4.78 is 13.2. The van der Waals surface area contributed by atoms with Gasteiger partial charge in [-0.2, -0.15) is 0 Å². The summed E-state index contributed by atoms with van der Waals surface area (Å²) in [6.45, 7) is 0.255. The van der Waals surface area contributed by atoms with Gasteiger partial charge in [-0.15, -0.1) is 0 Å². The lowest BCUT2D eigenvalue weighted by molar-refractivity contribution is 0.0696. The van der Waals surface area contributed by atoms with Crippen LogP contribution in [0.2, 0.25) is 0 Å². The molecule has 0 saturated carbocycles. The van der Waals surface area contributed by atoms with Crippen molar-refractivity contribution < 1.29 is 19.4 Å². The van der Waals surface area contributed by atoms with E-state index in [9.17, 15) is 4.79 Å². The summed E-state index contributed by atoms with van der Waals surface area (Å²) in [5.41, 5.74) is 0.123. The largest absolute Gasteiger partial charge is 0.493 e. The Balaban J connectivity index is 2.27. The van der Waals surface area contributed by atoms with Crippen LogP contribution in [0, 0.1) is 0 Å². The summed E-state index contributed by atoms with van der Waals surface area (Å²) in [5.74, 6) is 0.521. The molecule has 106 valence electrons. The average molecular weight is 341 g/mol. The second-order valence-electron chi connectivity index (χ2n) is 4.04. The van der Waals surface area contributed by atoms with Crippen LogP contribution >= 0.6 is 15.9 Å². The summed E-state index contributed by atoms with van der Waals surface area (Å²) in [6, 6.07) is 2.89. The molecule has 0 aliphatic heterocycles. The van der Waals surface area contributed by atoms with Crippen molar-refractivity contribution in [3.8, 4) is 11.5 Å². The first-order valence-corrected chi connectivity index (χ1v) is 6.52. The maximum atomic E-state index is 11.0. The average Bonchev–Trinajstić information content (AvgIpc) is 2.82. The zero-order valence-electron chi connectivity index (χ0n) is 11.0. The van der Waals surface area contributed by atoms with Crippen LogP contribution < -0.4 is 9.47 Å². The number of aryl methyl sites for hydroxylation is 1. The molecule has 1 aromatic heterocycles. The highest BCUT2D eigenvalue weighted by atomic mass is 79.9. The van der Waals surface area contributed by atoms with Crippen molar-refractivity contribution in [2.45, 2.75) is 6.61 Å². The van der Waals surface area contributed by atoms with E-state index in [1.54, 1.807) is 6.20 Å². The molecule has 0 saturated heterocycles. The molecular weight excluding hydrogens is 328 g/mol. The van der Waals surface area contributed by atoms with E-state index in [0.29, 0.717) is 16.0 Å². The maximum Gasteiger partial charge on any atom is 0.335 e. The van der Waals surface area contributed by atoms with Gasteiger partial charge in [-0.05, 0) is 28.1 Å². The number of ether oxygens (including phenoxy) is 2. The molecule has 2 rings (SSSR count). The molecule has 7 heteroatoms. The lowest BCUT2D eigenvalue weighted by atomic mass is 10.2. The third kappa shape index (κ3) is 2.93. The number of carbonyl (C=O) groups is 1. The van der Waals surface area contributed by atoms with Gasteiger partial charge in [-0.1, -0.05) is 0 Å². The lowest BCUT2D eigenvalue weighted by Gasteiger charge is -2.13. The van der Waals surface area contributed by atoms with Crippen molar-refractivity contribution in [3.05, 3.63) is 40.4 Å². The number of hydrogen-bond acceptors (Lipinski definition) is 4. The van der Waals surface area contributed by atoms with Gasteiger partial charge in [-0.3, -0.25) is 0 Å². The highest BCUT2D eigenvalue weighted by Crippen LogP contribution is 2.37. The number of methoxy groups -OCH3 is 1. The number of rotatable bonds is 5. The predicted molar refractivity (Wildman–Crippen MR) is 75.2 cm³/mol. The number of imidazole rings is 1. The summed E-state index contributed by atoms with van der Waals surface area (Å²) >= 11 is 3.29. The molecule has 0 aliphatic rings. The van der Waals surface area contributed by atoms with Gasteiger partial charge in [0, 0.05) is 19.4 Å². The third-order valence-corrected chi connectivity index (χ3v) is 3.33. The number of carboxylic acids is 1. The zero-order valence-corrected chi connectivity index (χ0v) is 12.5. The van der Waals surface area contributed by atoms with Crippen molar-refractivity contribution in [3.63, 3.8) is 0 Å². The maximum absolute atomic E-state index is 11.0. The Morgan fingerprint density at radius 1 is 1.50 bits per heavy atom. The quantitative estimate of drug-likeness (QED) is 0.904. The second-order valence-corrected chi connectivity index (χ2v) is 4.89. The summed E-state index contributed by atoms with van der Waals surface area (Å²) in [7, 11) is 3.33. The molecule has 20 heavy (non-hydrogen) atoms. The molecule has 0 aliphatic carbocycles. The number of hydrogen-bond donors (Lipinski definition) is 1. The Bertz CT molecular complexity index is 639. The molecule has 1 N–H and O–H groups in total. The van der Waals surface area contributed by atoms with Gasteiger partial charge >= 0.3 is 5.97 Å². The number of nitrogens with zero attached hydrogens (tertiary/aromatic N) is 2. The molecule has 0 radical (unpaired) electrons. The van der Waals surface area contributed by atoms with Crippen LogP contribution in [0.3, 0.4) is 0 Å². The summed E-state index contributed by atoms with van der Waals surface area (Å²) in [5, 5.41) is 9.01. The molecule has 1 heterocycles. The lowest BCUT2D eigenvalue weighted by Crippen LogP contribution is -2.05. The van der Waals surface area contributed by atoms with Crippen LogP contribution in [0.5, 0.6) is 11.5 Å². The number of benzene rings is 1. The third-order valence-electron chi connectivity index (χ3n) is 2.74. The molecule has 0 amide bonds. The van der Waals surface area contributed by atoms with Gasteiger partial charge < -0.3 is 19.1 Å². The van der Waals surface area contributed by atoms with E-state index in [0.717, 1.165) is 5.82 Å². The number of aromatic carboxylic acids is 1. The fraction of sp³-hybridized carbons (Fsp3) is 0.231. The number of halogens is 1. The SMILES string of the molecule is COc1cc(C(=O)O)cc(Br)c1OCc1nccn1C. The predicted octanol–water partition coefficient (Wildman–Crippen LogP) is 2.47. The summed E-state index contributed by atoms with van der Waals surface area (Å²) in [4.78, 5) is 15.1. The van der Waals surface area contributed by atoms with Crippen molar-refractivity contribution in [2.24, 2.45) is 7.05 Å². The first-order valence-electron chi connectivity index (χ1n) is 5.72. The minimum atomic E-state index is -1.03. The molecule has 0 spiro atoms. The van der Waals surface area contributed by atoms with Crippen LogP contribution in [0.1, 0.15) is 16.2 Å². The van der Waals surface area contributed by atoms with Crippen LogP contribution in [-0.4, -0.2) is 27.7 Å². The van der Waals surface area contributed by atoms with Gasteiger partial charge in [0.1, 0.15) is 12.4 Å². The first kappa shape index (κ1) is 14.4. The van der Waals surface area contributed by atoms with Crippen LogP contribution in [0.4, 0.5) is 0 Å². The van der Waals surface area contributed by atoms with Gasteiger partial charge in [-0.25, -0.2) is 9.78 Å². The van der Waals surface area contributed by atoms with Gasteiger partial charge in [0.25, 0.3) is 0 Å². The Morgan fingerprint density at radius 2 is 2.25 bits per heavy atom. The molecule has 0 bridgehead atoms. The Hall–Kier alpha value is -2.02. The van der Waals surface area contributed by atoms with Crippen molar-refractivity contribution in [2.75, 3.05) is 7.11 Å². The minimum absolute atomic E-state index is 0.123. The fourth-order valence-corrected chi connectivity index (χ4v) is 2.21. The molecular formula is C13H13BrN2O4. The topological polar surface area (TPSA) is 73.6 Å². The normalized spacial score (nSPS) is 10.3. The Labute approximate surface area is 124 Å². The van der Waals surface area contributed by atoms with E-state index in [1.807, 2.05) is 17.8 Å². The molecule has 0 fully saturated rings. The van der Waals surface area contributed by atoms with Crippen molar-refractivity contribution in [1.82, 2.24) is 9.55 Å². The van der Waals surface area contributed by atoms with Crippen LogP contribution in [0.25, 0.3) is 0 Å². The Morgan fingerprint density at radius 3 is 2.80 bits per heavy atom. The van der Waals surface area contributed by atoms with E-state index in [1.165, 1.54) is 19.2 Å². The van der Waals surface area contributed by atoms with Crippen molar-refractivity contribution >= 4 is 21.9 Å². The van der Waals surface area contributed by atoms with Gasteiger partial charge in [0.15, 0.2) is 11.5 Å². The zero-order chi connectivity index (χ0) is 14.7. The smallest absolute Gasteiger partial charge is 0.335 e. The molecule has 2 aromatic rings. The second kappa shape index (κ2) is 5.96. The van der Waals surface area contributed by atoms with E-state index in [2.05, 4.69) is 20.9 Å². The molecule has 0 unspecified atom stereocenters. The minimum Gasteiger partial charge on any atom is -0.493 e. The van der Waals surface area contributed by atoms with E-state index < -0.39 is 5.97 Å². The van der Waals surface area contributed by atoms with E-state index >= 15 is 0 Å². The molecule has 0 atom stereocenters.